The van der Waals surface area contributed by atoms with Crippen molar-refractivity contribution in [3.63, 3.8) is 0 Å². The Kier molecular flexibility index (Phi) is 5.74. The summed E-state index contributed by atoms with van der Waals surface area (Å²) in [4.78, 5) is 2.38. The molecule has 0 unspecified atom stereocenters. The van der Waals surface area contributed by atoms with Crippen molar-refractivity contribution in [3.05, 3.63) is 85.2 Å². The average molecular weight is 566 g/mol. The van der Waals surface area contributed by atoms with Crippen molar-refractivity contribution in [2.45, 2.75) is 64.2 Å². The molecule has 0 bridgehead atoms. The maximum atomic E-state index is 15.7. The Hall–Kier alpha value is -3.42. The lowest BCUT2D eigenvalue weighted by molar-refractivity contribution is 0.376. The van der Waals surface area contributed by atoms with E-state index in [1.165, 1.54) is 0 Å². The lowest BCUT2D eigenvalue weighted by Gasteiger charge is -2.35. The van der Waals surface area contributed by atoms with Crippen LogP contribution in [0.5, 0.6) is 11.5 Å². The molecule has 0 spiro atoms. The van der Waals surface area contributed by atoms with E-state index in [2.05, 4.69) is 9.48 Å². The summed E-state index contributed by atoms with van der Waals surface area (Å²) >= 11 is 0. The minimum Gasteiger partial charge on any atom is -0.455 e. The first kappa shape index (κ1) is 25.3. The fraction of sp³-hybridized carbons (Fsp3) is 0.424. The molecule has 8 heteroatoms. The van der Waals surface area contributed by atoms with Crippen LogP contribution in [0.25, 0.3) is 5.57 Å². The number of fused-ring (bicyclic) bond motifs is 4. The molecule has 0 saturated carbocycles. The first-order valence-electron chi connectivity index (χ1n) is 14.9. The van der Waals surface area contributed by atoms with Crippen LogP contribution in [0.15, 0.2) is 12.1 Å². The van der Waals surface area contributed by atoms with Gasteiger partial charge in [0, 0.05) is 59.1 Å². The molecule has 0 aliphatic carbocycles. The summed E-state index contributed by atoms with van der Waals surface area (Å²) in [6, 6.07) is 3.80. The molecule has 5 aliphatic heterocycles. The fourth-order valence-electron chi connectivity index (χ4n) is 7.92. The van der Waals surface area contributed by atoms with Crippen LogP contribution in [0, 0.1) is 29.1 Å². The van der Waals surface area contributed by atoms with Crippen molar-refractivity contribution in [1.29, 1.82) is 0 Å². The maximum absolute atomic E-state index is 15.7. The third-order valence-corrected chi connectivity index (χ3v) is 9.65. The Morgan fingerprint density at radius 1 is 0.634 bits per heavy atom. The van der Waals surface area contributed by atoms with Crippen LogP contribution in [0.4, 0.5) is 27.6 Å². The van der Waals surface area contributed by atoms with Gasteiger partial charge in [-0.25, -0.2) is 26.5 Å². The van der Waals surface area contributed by atoms with Crippen molar-refractivity contribution in [1.82, 2.24) is 4.58 Å². The van der Waals surface area contributed by atoms with Gasteiger partial charge < -0.3 is 9.64 Å². The highest BCUT2D eigenvalue weighted by Gasteiger charge is 2.38. The largest absolute Gasteiger partial charge is 0.455 e. The maximum Gasteiger partial charge on any atom is 0.210 e. The first-order chi connectivity index (χ1) is 19.9. The molecule has 0 saturated heterocycles. The zero-order chi connectivity index (χ0) is 28.0. The number of aryl methyl sites for hydroxylation is 2. The van der Waals surface area contributed by atoms with E-state index in [9.17, 15) is 13.2 Å². The van der Waals surface area contributed by atoms with Gasteiger partial charge in [-0.15, -0.1) is 0 Å². The Bertz CT molecular complexity index is 1770. The molecule has 212 valence electrons. The van der Waals surface area contributed by atoms with Gasteiger partial charge in [0.05, 0.1) is 11.1 Å². The molecule has 3 aromatic rings. The second-order valence-electron chi connectivity index (χ2n) is 12.0. The number of nitrogens with zero attached hydrogens (tertiary/aromatic N) is 2. The third kappa shape index (κ3) is 3.58. The smallest absolute Gasteiger partial charge is 0.210 e. The van der Waals surface area contributed by atoms with E-state index in [1.54, 1.807) is 0 Å². The minimum atomic E-state index is -2.14. The lowest BCUT2D eigenvalue weighted by Crippen LogP contribution is -2.41. The summed E-state index contributed by atoms with van der Waals surface area (Å²) in [5.74, 6) is -8.59. The molecule has 5 aliphatic rings. The minimum absolute atomic E-state index is 0.0508. The summed E-state index contributed by atoms with van der Waals surface area (Å²) < 4.78 is 84.4. The SMILES string of the molecule is Fc1c(F)c(F)c(C2=c3cc4c5c(c3Oc3c2cc2c6c3CCCN6CCCC2)CCC[N+]=5CCCC4)c(F)c1F. The average Bonchev–Trinajstić information content (AvgIpc) is 3.33. The van der Waals surface area contributed by atoms with Crippen LogP contribution in [0.1, 0.15) is 71.9 Å². The Morgan fingerprint density at radius 3 is 2.15 bits per heavy atom. The van der Waals surface area contributed by atoms with Crippen LogP contribution >= 0.6 is 0 Å². The van der Waals surface area contributed by atoms with Gasteiger partial charge in [-0.3, -0.25) is 0 Å². The molecular formula is C33H30F5N2O+. The molecule has 41 heavy (non-hydrogen) atoms. The predicted molar refractivity (Wildman–Crippen MR) is 146 cm³/mol. The molecule has 0 fully saturated rings. The molecule has 3 nitrogen and oxygen atoms in total. The summed E-state index contributed by atoms with van der Waals surface area (Å²) in [7, 11) is 0. The molecule has 0 N–H and O–H groups in total. The van der Waals surface area contributed by atoms with E-state index in [0.29, 0.717) is 22.3 Å². The van der Waals surface area contributed by atoms with Crippen LogP contribution in [-0.2, 0) is 25.7 Å². The number of halogens is 5. The number of ether oxygens (including phenoxy) is 1. The molecule has 5 heterocycles. The van der Waals surface area contributed by atoms with E-state index in [4.69, 9.17) is 4.74 Å². The highest BCUT2D eigenvalue weighted by Crippen LogP contribution is 2.49. The topological polar surface area (TPSA) is 15.5 Å². The van der Waals surface area contributed by atoms with Crippen molar-refractivity contribution in [2.75, 3.05) is 31.1 Å². The van der Waals surface area contributed by atoms with Crippen LogP contribution < -0.4 is 24.8 Å². The van der Waals surface area contributed by atoms with Crippen LogP contribution in [-0.4, -0.2) is 26.2 Å². The van der Waals surface area contributed by atoms with Crippen molar-refractivity contribution >= 4 is 11.3 Å². The molecular weight excluding hydrogens is 535 g/mol. The molecule has 0 radical (unpaired) electrons. The highest BCUT2D eigenvalue weighted by molar-refractivity contribution is 5.89. The quantitative estimate of drug-likeness (QED) is 0.129. The summed E-state index contributed by atoms with van der Waals surface area (Å²) in [6.45, 7) is 3.71. The molecule has 0 atom stereocenters. The van der Waals surface area contributed by atoms with Gasteiger partial charge in [0.2, 0.25) is 11.2 Å². The third-order valence-electron chi connectivity index (χ3n) is 9.65. The van der Waals surface area contributed by atoms with Gasteiger partial charge in [-0.2, -0.15) is 0 Å². The first-order valence-corrected chi connectivity index (χ1v) is 14.9. The summed E-state index contributed by atoms with van der Waals surface area (Å²) in [6.07, 6.45) is 8.82. The van der Waals surface area contributed by atoms with Gasteiger partial charge in [-0.1, -0.05) is 0 Å². The molecule has 3 aromatic carbocycles. The van der Waals surface area contributed by atoms with E-state index in [-0.39, 0.29) is 5.57 Å². The van der Waals surface area contributed by atoms with Gasteiger partial charge in [-0.05, 0) is 69.1 Å². The van der Waals surface area contributed by atoms with E-state index in [0.717, 1.165) is 124 Å². The zero-order valence-corrected chi connectivity index (χ0v) is 22.7. The van der Waals surface area contributed by atoms with Crippen molar-refractivity contribution in [2.24, 2.45) is 0 Å². The Morgan fingerprint density at radius 2 is 1.32 bits per heavy atom. The molecule has 0 aromatic heterocycles. The van der Waals surface area contributed by atoms with E-state index in [1.807, 2.05) is 12.1 Å². The van der Waals surface area contributed by atoms with E-state index >= 15 is 8.78 Å². The Labute approximate surface area is 234 Å². The fourth-order valence-corrected chi connectivity index (χ4v) is 7.92. The number of benzene rings is 3. The van der Waals surface area contributed by atoms with Gasteiger partial charge in [0.1, 0.15) is 24.6 Å². The second kappa shape index (κ2) is 9.30. The number of hydrogen-bond donors (Lipinski definition) is 0. The van der Waals surface area contributed by atoms with E-state index < -0.39 is 34.6 Å². The molecule has 8 rings (SSSR count). The Balaban J connectivity index is 1.56. The van der Waals surface area contributed by atoms with Gasteiger partial charge >= 0.3 is 0 Å². The summed E-state index contributed by atoms with van der Waals surface area (Å²) in [5.41, 5.74) is 4.78. The second-order valence-corrected chi connectivity index (χ2v) is 12.0. The monoisotopic (exact) mass is 565 g/mol. The normalized spacial score (nSPS) is 19.0. The predicted octanol–water partition coefficient (Wildman–Crippen LogP) is 5.60. The highest BCUT2D eigenvalue weighted by atomic mass is 19.2. The van der Waals surface area contributed by atoms with Crippen LogP contribution in [0.2, 0.25) is 0 Å². The van der Waals surface area contributed by atoms with Crippen molar-refractivity contribution < 1.29 is 26.7 Å². The standard InChI is InChI=1S/C33H30F5N2O/c34-25-24(26(35)28(37)29(38)27(25)36)23-21-15-17-7-1-3-11-39-13-5-9-19(30(17)39)32(21)41-33-20-10-6-14-40-12-4-2-8-18(31(20)40)16-22(23)33/h15-16H,1-14H2/q+1. The number of rotatable bonds is 1. The summed E-state index contributed by atoms with van der Waals surface area (Å²) in [5, 5.41) is 1.55. The number of hydrogen-bond acceptors (Lipinski definition) is 2. The van der Waals surface area contributed by atoms with Gasteiger partial charge in [0.15, 0.2) is 23.3 Å². The van der Waals surface area contributed by atoms with Crippen LogP contribution in [0.3, 0.4) is 0 Å². The lowest BCUT2D eigenvalue weighted by atomic mass is 9.84. The molecule has 0 amide bonds. The van der Waals surface area contributed by atoms with Crippen molar-refractivity contribution in [3.8, 4) is 11.5 Å². The number of anilines is 1. The van der Waals surface area contributed by atoms with Gasteiger partial charge in [0.25, 0.3) is 0 Å². The zero-order valence-electron chi connectivity index (χ0n) is 22.7.